The lowest BCUT2D eigenvalue weighted by Gasteiger charge is -2.55. The average Bonchev–Trinajstić information content (AvgIpc) is 2.15. The molecule has 2 heterocycles. The monoisotopic (exact) mass is 227 g/mol. The van der Waals surface area contributed by atoms with Crippen molar-refractivity contribution in [3.63, 3.8) is 0 Å². The topological polar surface area (TPSA) is 21.7 Å². The van der Waals surface area contributed by atoms with Crippen LogP contribution in [0.25, 0.3) is 0 Å². The SMILES string of the molecule is COCCN1C2CC(OC(C)(C)C)CC1C2. The van der Waals surface area contributed by atoms with Crippen molar-refractivity contribution in [2.24, 2.45) is 0 Å². The normalized spacial score (nSPS) is 34.9. The van der Waals surface area contributed by atoms with E-state index in [4.69, 9.17) is 9.47 Å². The fourth-order valence-corrected chi connectivity index (χ4v) is 3.07. The lowest BCUT2D eigenvalue weighted by atomic mass is 9.78. The van der Waals surface area contributed by atoms with Gasteiger partial charge in [0.25, 0.3) is 0 Å². The molecule has 3 nitrogen and oxygen atoms in total. The van der Waals surface area contributed by atoms with E-state index in [2.05, 4.69) is 25.7 Å². The van der Waals surface area contributed by atoms with Gasteiger partial charge in [0.1, 0.15) is 0 Å². The van der Waals surface area contributed by atoms with Crippen molar-refractivity contribution in [1.82, 2.24) is 4.90 Å². The Morgan fingerprint density at radius 1 is 1.12 bits per heavy atom. The molecule has 3 heteroatoms. The van der Waals surface area contributed by atoms with Gasteiger partial charge in [0.05, 0.1) is 18.3 Å². The molecule has 0 N–H and O–H groups in total. The summed E-state index contributed by atoms with van der Waals surface area (Å²) in [6.07, 6.45) is 4.26. The molecule has 2 saturated heterocycles. The quantitative estimate of drug-likeness (QED) is 0.734. The number of hydrogen-bond acceptors (Lipinski definition) is 3. The lowest BCUT2D eigenvalue weighted by Crippen LogP contribution is -2.63. The molecule has 2 atom stereocenters. The lowest BCUT2D eigenvalue weighted by molar-refractivity contribution is -0.147. The Bertz CT molecular complexity index is 225. The standard InChI is InChI=1S/C13H25NO2/c1-13(2,3)16-12-8-10-7-11(9-12)14(10)5-6-15-4/h10-12H,5-9H2,1-4H3. The van der Waals surface area contributed by atoms with Gasteiger partial charge >= 0.3 is 0 Å². The van der Waals surface area contributed by atoms with E-state index in [9.17, 15) is 0 Å². The highest BCUT2D eigenvalue weighted by molar-refractivity contribution is 5.00. The molecule has 0 amide bonds. The first-order valence-corrected chi connectivity index (χ1v) is 6.42. The van der Waals surface area contributed by atoms with Gasteiger partial charge in [0, 0.05) is 25.7 Å². The average molecular weight is 227 g/mol. The van der Waals surface area contributed by atoms with E-state index in [1.807, 2.05) is 0 Å². The number of methoxy groups -OCH3 is 1. The maximum atomic E-state index is 6.07. The minimum absolute atomic E-state index is 0.00576. The van der Waals surface area contributed by atoms with Crippen molar-refractivity contribution in [2.75, 3.05) is 20.3 Å². The van der Waals surface area contributed by atoms with Crippen molar-refractivity contribution in [2.45, 2.75) is 63.8 Å². The van der Waals surface area contributed by atoms with Gasteiger partial charge in [-0.15, -0.1) is 0 Å². The van der Waals surface area contributed by atoms with Gasteiger partial charge in [-0.05, 0) is 40.0 Å². The van der Waals surface area contributed by atoms with Crippen LogP contribution in [0.5, 0.6) is 0 Å². The van der Waals surface area contributed by atoms with Crippen LogP contribution in [-0.2, 0) is 9.47 Å². The van der Waals surface area contributed by atoms with Crippen LogP contribution in [0.3, 0.4) is 0 Å². The van der Waals surface area contributed by atoms with Crippen molar-refractivity contribution in [1.29, 1.82) is 0 Å². The molecule has 2 unspecified atom stereocenters. The Morgan fingerprint density at radius 2 is 1.75 bits per heavy atom. The molecule has 94 valence electrons. The molecule has 2 bridgehead atoms. The summed E-state index contributed by atoms with van der Waals surface area (Å²) < 4.78 is 11.2. The maximum absolute atomic E-state index is 6.07. The van der Waals surface area contributed by atoms with E-state index >= 15 is 0 Å². The van der Waals surface area contributed by atoms with Gasteiger partial charge < -0.3 is 9.47 Å². The zero-order chi connectivity index (χ0) is 11.8. The van der Waals surface area contributed by atoms with E-state index in [-0.39, 0.29) is 5.60 Å². The molecule has 16 heavy (non-hydrogen) atoms. The second-order valence-corrected chi connectivity index (χ2v) is 6.10. The summed E-state index contributed by atoms with van der Waals surface area (Å²) in [6, 6.07) is 1.50. The van der Waals surface area contributed by atoms with Crippen LogP contribution in [0.2, 0.25) is 0 Å². The van der Waals surface area contributed by atoms with E-state index in [0.717, 1.165) is 25.2 Å². The zero-order valence-corrected chi connectivity index (χ0v) is 11.0. The summed E-state index contributed by atoms with van der Waals surface area (Å²) in [5.74, 6) is 0. The summed E-state index contributed by atoms with van der Waals surface area (Å²) in [7, 11) is 1.78. The molecule has 3 fully saturated rings. The number of nitrogens with zero attached hydrogens (tertiary/aromatic N) is 1. The molecule has 0 radical (unpaired) electrons. The second-order valence-electron chi connectivity index (χ2n) is 6.10. The Morgan fingerprint density at radius 3 is 2.25 bits per heavy atom. The molecule has 3 rings (SSSR count). The number of fused-ring (bicyclic) bond motifs is 2. The minimum Gasteiger partial charge on any atom is -0.383 e. The molecule has 3 aliphatic rings. The number of rotatable bonds is 4. The molecule has 2 aliphatic heterocycles. The maximum Gasteiger partial charge on any atom is 0.0612 e. The third-order valence-corrected chi connectivity index (χ3v) is 3.63. The van der Waals surface area contributed by atoms with Gasteiger partial charge in [-0.2, -0.15) is 0 Å². The zero-order valence-electron chi connectivity index (χ0n) is 11.0. The largest absolute Gasteiger partial charge is 0.383 e. The van der Waals surface area contributed by atoms with Crippen LogP contribution in [0.4, 0.5) is 0 Å². The molecule has 1 aliphatic carbocycles. The molecule has 0 spiro atoms. The van der Waals surface area contributed by atoms with Gasteiger partial charge in [0.2, 0.25) is 0 Å². The first kappa shape index (κ1) is 12.3. The predicted molar refractivity (Wildman–Crippen MR) is 64.6 cm³/mol. The van der Waals surface area contributed by atoms with Crippen LogP contribution in [0.15, 0.2) is 0 Å². The van der Waals surface area contributed by atoms with Gasteiger partial charge in [-0.25, -0.2) is 0 Å². The highest BCUT2D eigenvalue weighted by atomic mass is 16.5. The van der Waals surface area contributed by atoms with Crippen LogP contribution in [0.1, 0.15) is 40.0 Å². The minimum atomic E-state index is 0.00576. The van der Waals surface area contributed by atoms with Crippen LogP contribution in [0, 0.1) is 0 Å². The Kier molecular flexibility index (Phi) is 3.57. The van der Waals surface area contributed by atoms with E-state index in [1.54, 1.807) is 7.11 Å². The van der Waals surface area contributed by atoms with E-state index in [0.29, 0.717) is 6.10 Å². The predicted octanol–water partition coefficient (Wildman–Crippen LogP) is 2.05. The Labute approximate surface area is 99.1 Å². The van der Waals surface area contributed by atoms with Gasteiger partial charge in [-0.3, -0.25) is 4.90 Å². The third kappa shape index (κ3) is 2.76. The summed E-state index contributed by atoms with van der Waals surface area (Å²) >= 11 is 0. The van der Waals surface area contributed by atoms with Gasteiger partial charge in [-0.1, -0.05) is 0 Å². The molecule has 0 aromatic heterocycles. The first-order valence-electron chi connectivity index (χ1n) is 6.42. The van der Waals surface area contributed by atoms with Crippen molar-refractivity contribution in [3.8, 4) is 0 Å². The van der Waals surface area contributed by atoms with Crippen molar-refractivity contribution >= 4 is 0 Å². The van der Waals surface area contributed by atoms with Crippen LogP contribution >= 0.6 is 0 Å². The van der Waals surface area contributed by atoms with Crippen molar-refractivity contribution < 1.29 is 9.47 Å². The molecule has 1 saturated carbocycles. The highest BCUT2D eigenvalue weighted by Crippen LogP contribution is 2.40. The van der Waals surface area contributed by atoms with Crippen molar-refractivity contribution in [3.05, 3.63) is 0 Å². The Balaban J connectivity index is 1.78. The fourth-order valence-electron chi connectivity index (χ4n) is 3.07. The van der Waals surface area contributed by atoms with Gasteiger partial charge in [0.15, 0.2) is 0 Å². The third-order valence-electron chi connectivity index (χ3n) is 3.63. The first-order chi connectivity index (χ1) is 7.49. The summed E-state index contributed by atoms with van der Waals surface area (Å²) in [5.41, 5.74) is 0.00576. The number of piperidine rings is 1. The molecular weight excluding hydrogens is 202 g/mol. The summed E-state index contributed by atoms with van der Waals surface area (Å²) in [4.78, 5) is 2.59. The van der Waals surface area contributed by atoms with E-state index < -0.39 is 0 Å². The van der Waals surface area contributed by atoms with Crippen LogP contribution < -0.4 is 0 Å². The molecular formula is C13H25NO2. The Hall–Kier alpha value is -0.120. The number of hydrogen-bond donors (Lipinski definition) is 0. The summed E-state index contributed by atoms with van der Waals surface area (Å²) in [5, 5.41) is 0. The highest BCUT2D eigenvalue weighted by Gasteiger charge is 2.45. The number of ether oxygens (including phenoxy) is 2. The second kappa shape index (κ2) is 4.63. The van der Waals surface area contributed by atoms with E-state index in [1.165, 1.54) is 19.3 Å². The van der Waals surface area contributed by atoms with Crippen LogP contribution in [-0.4, -0.2) is 49.0 Å². The molecule has 0 aromatic carbocycles. The fraction of sp³-hybridized carbons (Fsp3) is 1.00. The molecule has 0 aromatic rings. The summed E-state index contributed by atoms with van der Waals surface area (Å²) in [6.45, 7) is 8.40. The smallest absolute Gasteiger partial charge is 0.0612 e.